The number of nitrogens with zero attached hydrogens (tertiary/aromatic N) is 5. The molecule has 0 saturated carbocycles. The van der Waals surface area contributed by atoms with Crippen molar-refractivity contribution < 1.29 is 19.1 Å². The first-order chi connectivity index (χ1) is 21.8. The molecular weight excluding hydrogens is 586 g/mol. The fraction of sp³-hybridized carbons (Fsp3) is 0.364. The van der Waals surface area contributed by atoms with Crippen LogP contribution in [0.2, 0.25) is 0 Å². The molecule has 0 aliphatic carbocycles. The van der Waals surface area contributed by atoms with Crippen LogP contribution in [-0.4, -0.2) is 63.2 Å². The average molecular weight is 632 g/mol. The van der Waals surface area contributed by atoms with Gasteiger partial charge in [0.1, 0.15) is 22.8 Å². The van der Waals surface area contributed by atoms with Crippen molar-refractivity contribution in [2.24, 2.45) is 0 Å². The average Bonchev–Trinajstić information content (AvgIpc) is 3.03. The predicted molar refractivity (Wildman–Crippen MR) is 184 cm³/mol. The van der Waals surface area contributed by atoms with E-state index in [0.29, 0.717) is 55.0 Å². The lowest BCUT2D eigenvalue weighted by molar-refractivity contribution is 0.0517. The highest BCUT2D eigenvalue weighted by Gasteiger charge is 2.16. The quantitative estimate of drug-likeness (QED) is 0.104. The van der Waals surface area contributed by atoms with Gasteiger partial charge in [-0.15, -0.1) is 12.3 Å². The van der Waals surface area contributed by atoms with E-state index in [2.05, 4.69) is 53.2 Å². The van der Waals surface area contributed by atoms with E-state index >= 15 is 0 Å². The molecule has 0 radical (unpaired) electrons. The van der Waals surface area contributed by atoms with Crippen LogP contribution >= 0.6 is 0 Å². The van der Waals surface area contributed by atoms with Crippen molar-refractivity contribution in [2.45, 2.75) is 54.9 Å². The molecule has 0 amide bonds. The second-order valence-electron chi connectivity index (χ2n) is 9.09. The molecule has 4 rings (SSSR count). The fourth-order valence-electron chi connectivity index (χ4n) is 3.60. The van der Waals surface area contributed by atoms with Gasteiger partial charge in [-0.3, -0.25) is 4.98 Å². The van der Waals surface area contributed by atoms with Gasteiger partial charge in [0.25, 0.3) is 0 Å². The molecule has 246 valence electrons. The topological polar surface area (TPSA) is 179 Å². The molecule has 0 bridgehead atoms. The molecule has 0 spiro atoms. The van der Waals surface area contributed by atoms with E-state index in [1.165, 1.54) is 12.4 Å². The number of rotatable bonds is 12. The molecular formula is C33H45N9O4. The van der Waals surface area contributed by atoms with Gasteiger partial charge in [0.15, 0.2) is 0 Å². The summed E-state index contributed by atoms with van der Waals surface area (Å²) in [6.45, 7) is 11.3. The lowest BCUT2D eigenvalue weighted by Gasteiger charge is -2.12. The monoisotopic (exact) mass is 631 g/mol. The number of terminal acetylenes is 1. The second-order valence-corrected chi connectivity index (χ2v) is 9.09. The molecule has 0 atom stereocenters. The van der Waals surface area contributed by atoms with Crippen molar-refractivity contribution >= 4 is 51.9 Å². The largest absolute Gasteiger partial charge is 0.462 e. The summed E-state index contributed by atoms with van der Waals surface area (Å²) in [5.74, 6) is 2.80. The summed E-state index contributed by atoms with van der Waals surface area (Å²) >= 11 is 0. The number of anilines is 5. The summed E-state index contributed by atoms with van der Waals surface area (Å²) in [6.07, 6.45) is 12.9. The minimum atomic E-state index is -0.443. The Bertz CT molecular complexity index is 1570. The van der Waals surface area contributed by atoms with Crippen molar-refractivity contribution in [3.8, 4) is 12.3 Å². The molecule has 46 heavy (non-hydrogen) atoms. The number of carbonyl (C=O) groups excluding carboxylic acids is 2. The van der Waals surface area contributed by atoms with Crippen LogP contribution in [0.1, 0.15) is 75.6 Å². The summed E-state index contributed by atoms with van der Waals surface area (Å²) in [5, 5.41) is 11.5. The summed E-state index contributed by atoms with van der Waals surface area (Å²) in [6, 6.07) is 7.86. The van der Waals surface area contributed by atoms with E-state index in [1.807, 2.05) is 44.3 Å². The van der Waals surface area contributed by atoms with E-state index < -0.39 is 11.9 Å². The Kier molecular flexibility index (Phi) is 17.8. The first-order valence-corrected chi connectivity index (χ1v) is 14.6. The van der Waals surface area contributed by atoms with Crippen LogP contribution in [-0.2, 0) is 9.47 Å². The van der Waals surface area contributed by atoms with E-state index in [4.69, 9.17) is 15.2 Å². The summed E-state index contributed by atoms with van der Waals surface area (Å²) < 4.78 is 9.96. The van der Waals surface area contributed by atoms with Gasteiger partial charge < -0.3 is 31.2 Å². The van der Waals surface area contributed by atoms with E-state index in [9.17, 15) is 9.59 Å². The van der Waals surface area contributed by atoms with E-state index in [-0.39, 0.29) is 13.4 Å². The summed E-state index contributed by atoms with van der Waals surface area (Å²) in [7, 11) is 0. The van der Waals surface area contributed by atoms with Gasteiger partial charge in [-0.25, -0.2) is 19.6 Å². The van der Waals surface area contributed by atoms with Gasteiger partial charge in [0, 0.05) is 49.0 Å². The van der Waals surface area contributed by atoms with E-state index in [0.717, 1.165) is 29.3 Å². The number of hydrogen-bond acceptors (Lipinski definition) is 13. The standard InChI is InChI=1S/C19H21N5O2.C10H16N4O2.C3H4.CH4/c1-3-8-21-17-16(18(25)26-4-2)12-22-19(24-17)23-15-6-5-14-11-20-9-7-13(14)10-15;1-3-5-12-8-7(9(15)16-4-2)6-13-10(11)14-8;1-3-2;/h5-7,9-12H,3-4,8H2,1-2H3,(H2,21,22,23,24);6H,3-5H2,1-2H3,(H3,11,12,13,14);1H,2H3;1H4. The highest BCUT2D eigenvalue weighted by molar-refractivity contribution is 5.95. The molecule has 0 unspecified atom stereocenters. The molecule has 4 aromatic rings. The molecule has 0 aliphatic heterocycles. The summed E-state index contributed by atoms with van der Waals surface area (Å²) in [4.78, 5) is 44.2. The van der Waals surface area contributed by atoms with Crippen molar-refractivity contribution in [1.29, 1.82) is 0 Å². The molecule has 13 heteroatoms. The highest BCUT2D eigenvalue weighted by atomic mass is 16.5. The number of pyridine rings is 1. The van der Waals surface area contributed by atoms with Crippen LogP contribution in [0.5, 0.6) is 0 Å². The van der Waals surface area contributed by atoms with Crippen molar-refractivity contribution in [1.82, 2.24) is 24.9 Å². The Labute approximate surface area is 271 Å². The Morgan fingerprint density at radius 1 is 0.848 bits per heavy atom. The Balaban J connectivity index is 0.000000455. The number of fused-ring (bicyclic) bond motifs is 1. The van der Waals surface area contributed by atoms with Crippen LogP contribution in [0.15, 0.2) is 49.1 Å². The van der Waals surface area contributed by atoms with Crippen LogP contribution in [0.25, 0.3) is 10.8 Å². The SMILES string of the molecule is C.C#CC.CCCNc1nc(N)ncc1C(=O)OCC.CCCNc1nc(Nc2ccc3cnccc3c2)ncc1C(=O)OCC. The molecule has 3 aromatic heterocycles. The minimum absolute atomic E-state index is 0. The zero-order valence-electron chi connectivity index (χ0n) is 26.4. The minimum Gasteiger partial charge on any atom is -0.462 e. The van der Waals surface area contributed by atoms with Gasteiger partial charge in [-0.05, 0) is 57.2 Å². The zero-order chi connectivity index (χ0) is 33.0. The number of hydrogen-bond donors (Lipinski definition) is 4. The van der Waals surface area contributed by atoms with Gasteiger partial charge in [0.2, 0.25) is 11.9 Å². The maximum atomic E-state index is 12.1. The number of nitrogen functional groups attached to an aromatic ring is 1. The first-order valence-electron chi connectivity index (χ1n) is 14.6. The lowest BCUT2D eigenvalue weighted by atomic mass is 10.1. The molecule has 0 saturated heterocycles. The third-order valence-electron chi connectivity index (χ3n) is 5.57. The third kappa shape index (κ3) is 12.2. The van der Waals surface area contributed by atoms with Crippen molar-refractivity contribution in [2.75, 3.05) is 48.0 Å². The Hall–Kier alpha value is -5.51. The number of carbonyl (C=O) groups is 2. The number of benzene rings is 1. The maximum absolute atomic E-state index is 12.1. The smallest absolute Gasteiger partial charge is 0.343 e. The van der Waals surface area contributed by atoms with Crippen molar-refractivity contribution in [3.63, 3.8) is 0 Å². The predicted octanol–water partition coefficient (Wildman–Crippen LogP) is 6.10. The number of aromatic nitrogens is 5. The van der Waals surface area contributed by atoms with Crippen LogP contribution < -0.4 is 21.7 Å². The second kappa shape index (κ2) is 21.2. The van der Waals surface area contributed by atoms with Crippen LogP contribution in [0.4, 0.5) is 29.2 Å². The van der Waals surface area contributed by atoms with Gasteiger partial charge in [-0.1, -0.05) is 27.3 Å². The number of esters is 2. The molecule has 13 nitrogen and oxygen atoms in total. The molecule has 0 fully saturated rings. The van der Waals surface area contributed by atoms with E-state index in [1.54, 1.807) is 27.0 Å². The summed E-state index contributed by atoms with van der Waals surface area (Å²) in [5.41, 5.74) is 6.95. The molecule has 5 N–H and O–H groups in total. The van der Waals surface area contributed by atoms with Crippen LogP contribution in [0, 0.1) is 12.3 Å². The number of nitrogens with one attached hydrogen (secondary N) is 3. The van der Waals surface area contributed by atoms with Crippen LogP contribution in [0.3, 0.4) is 0 Å². The van der Waals surface area contributed by atoms with Gasteiger partial charge in [0.05, 0.1) is 13.2 Å². The Morgan fingerprint density at radius 2 is 1.41 bits per heavy atom. The molecule has 3 heterocycles. The number of nitrogens with two attached hydrogens (primary N) is 1. The van der Waals surface area contributed by atoms with Crippen molar-refractivity contribution in [3.05, 3.63) is 60.2 Å². The lowest BCUT2D eigenvalue weighted by Crippen LogP contribution is -2.13. The first kappa shape index (κ1) is 38.5. The normalized spacial score (nSPS) is 9.57. The van der Waals surface area contributed by atoms with Gasteiger partial charge in [-0.2, -0.15) is 9.97 Å². The Morgan fingerprint density at radius 3 is 1.98 bits per heavy atom. The highest BCUT2D eigenvalue weighted by Crippen LogP contribution is 2.22. The molecule has 0 aliphatic rings. The maximum Gasteiger partial charge on any atom is 0.343 e. The zero-order valence-corrected chi connectivity index (χ0v) is 26.4. The number of ether oxygens (including phenoxy) is 2. The third-order valence-corrected chi connectivity index (χ3v) is 5.57. The fourth-order valence-corrected chi connectivity index (χ4v) is 3.60. The molecule has 1 aromatic carbocycles. The van der Waals surface area contributed by atoms with Gasteiger partial charge >= 0.3 is 11.9 Å².